The van der Waals surface area contributed by atoms with Crippen LogP contribution in [0.25, 0.3) is 0 Å². The van der Waals surface area contributed by atoms with Gasteiger partial charge < -0.3 is 4.74 Å². The number of para-hydroxylation sites is 1. The Balaban J connectivity index is 1.23. The number of rotatable bonds is 5. The van der Waals surface area contributed by atoms with Crippen molar-refractivity contribution < 1.29 is 14.3 Å². The number of hydrazine groups is 1. The number of ether oxygens (including phenoxy) is 1. The Morgan fingerprint density at radius 3 is 2.19 bits per heavy atom. The van der Waals surface area contributed by atoms with Crippen molar-refractivity contribution in [2.45, 2.75) is 44.9 Å². The molecule has 4 aliphatic rings. The van der Waals surface area contributed by atoms with E-state index in [0.29, 0.717) is 17.2 Å². The summed E-state index contributed by atoms with van der Waals surface area (Å²) in [6, 6.07) is 6.97. The molecular weight excluding hydrogens is 352 g/mol. The lowest BCUT2D eigenvalue weighted by Gasteiger charge is -2.56. The number of nitrogens with one attached hydrogen (secondary N) is 2. The Kier molecular flexibility index (Phi) is 4.82. The Bertz CT molecular complexity index is 671. The number of hydrogen-bond donors (Lipinski definition) is 2. The van der Waals surface area contributed by atoms with Gasteiger partial charge in [-0.25, -0.2) is 0 Å². The molecule has 5 rings (SSSR count). The van der Waals surface area contributed by atoms with Crippen LogP contribution in [0.1, 0.15) is 44.9 Å². The number of halogens is 1. The first kappa shape index (κ1) is 17.7. The quantitative estimate of drug-likeness (QED) is 0.773. The van der Waals surface area contributed by atoms with Gasteiger partial charge in [-0.3, -0.25) is 20.4 Å². The highest BCUT2D eigenvalue weighted by atomic mass is 35.5. The Labute approximate surface area is 158 Å². The Hall–Kier alpha value is -1.75. The zero-order valence-corrected chi connectivity index (χ0v) is 15.6. The number of amides is 2. The van der Waals surface area contributed by atoms with E-state index in [9.17, 15) is 9.59 Å². The third-order valence-corrected chi connectivity index (χ3v) is 6.55. The zero-order valence-electron chi connectivity index (χ0n) is 14.8. The standard InChI is InChI=1S/C20H25ClN2O3/c21-16-3-1-2-4-17(16)26-12-19(25)23-22-18(24)11-20-8-13-5-14(9-20)7-15(6-13)10-20/h1-4,13-15H,5-12H2,(H,22,24)(H,23,25). The molecule has 4 bridgehead atoms. The lowest BCUT2D eigenvalue weighted by atomic mass is 9.49. The molecule has 1 aromatic rings. The summed E-state index contributed by atoms with van der Waals surface area (Å²) in [5.41, 5.74) is 5.17. The fourth-order valence-corrected chi connectivity index (χ4v) is 5.96. The van der Waals surface area contributed by atoms with Crippen molar-refractivity contribution in [3.05, 3.63) is 29.3 Å². The van der Waals surface area contributed by atoms with Gasteiger partial charge in [0, 0.05) is 6.42 Å². The minimum absolute atomic E-state index is 0.0990. The topological polar surface area (TPSA) is 67.4 Å². The van der Waals surface area contributed by atoms with Gasteiger partial charge >= 0.3 is 0 Å². The SMILES string of the molecule is O=C(COc1ccccc1Cl)NNC(=O)CC12CC3CC(CC(C3)C1)C2. The van der Waals surface area contributed by atoms with Gasteiger partial charge in [-0.1, -0.05) is 23.7 Å². The van der Waals surface area contributed by atoms with Crippen LogP contribution in [0.4, 0.5) is 0 Å². The molecular formula is C20H25ClN2O3. The molecule has 26 heavy (non-hydrogen) atoms. The molecule has 6 heteroatoms. The zero-order chi connectivity index (χ0) is 18.1. The van der Waals surface area contributed by atoms with Crippen molar-refractivity contribution in [1.82, 2.24) is 10.9 Å². The molecule has 5 nitrogen and oxygen atoms in total. The van der Waals surface area contributed by atoms with Gasteiger partial charge in [-0.05, 0) is 73.8 Å². The first-order valence-electron chi connectivity index (χ1n) is 9.46. The number of benzene rings is 1. The molecule has 2 N–H and O–H groups in total. The van der Waals surface area contributed by atoms with Crippen molar-refractivity contribution in [2.75, 3.05) is 6.61 Å². The van der Waals surface area contributed by atoms with Gasteiger partial charge in [-0.2, -0.15) is 0 Å². The van der Waals surface area contributed by atoms with Crippen LogP contribution in [0.2, 0.25) is 5.02 Å². The van der Waals surface area contributed by atoms with Crippen LogP contribution in [0, 0.1) is 23.2 Å². The summed E-state index contributed by atoms with van der Waals surface area (Å²) in [7, 11) is 0. The third-order valence-electron chi connectivity index (χ3n) is 6.24. The normalized spacial score (nSPS) is 31.5. The molecule has 0 atom stereocenters. The fourth-order valence-electron chi connectivity index (χ4n) is 5.77. The monoisotopic (exact) mass is 376 g/mol. The minimum atomic E-state index is -0.399. The van der Waals surface area contributed by atoms with E-state index in [1.54, 1.807) is 24.3 Å². The third kappa shape index (κ3) is 3.83. The molecule has 1 aromatic carbocycles. The molecule has 0 heterocycles. The van der Waals surface area contributed by atoms with Gasteiger partial charge in [0.1, 0.15) is 5.75 Å². The van der Waals surface area contributed by atoms with Gasteiger partial charge in [0.2, 0.25) is 5.91 Å². The summed E-state index contributed by atoms with van der Waals surface area (Å²) in [5, 5.41) is 0.450. The van der Waals surface area contributed by atoms with Crippen molar-refractivity contribution in [3.63, 3.8) is 0 Å². The average Bonchev–Trinajstić information content (AvgIpc) is 2.57. The summed E-state index contributed by atoms with van der Waals surface area (Å²) in [6.07, 6.45) is 8.12. The van der Waals surface area contributed by atoms with Crippen molar-refractivity contribution >= 4 is 23.4 Å². The van der Waals surface area contributed by atoms with Crippen LogP contribution < -0.4 is 15.6 Å². The van der Waals surface area contributed by atoms with Crippen LogP contribution in [-0.4, -0.2) is 18.4 Å². The molecule has 140 valence electrons. The Morgan fingerprint density at radius 2 is 1.58 bits per heavy atom. The largest absolute Gasteiger partial charge is 0.482 e. The Morgan fingerprint density at radius 1 is 1.00 bits per heavy atom. The van der Waals surface area contributed by atoms with E-state index in [2.05, 4.69) is 10.9 Å². The number of hydrogen-bond acceptors (Lipinski definition) is 3. The molecule has 4 aliphatic carbocycles. The second kappa shape index (κ2) is 7.10. The van der Waals surface area contributed by atoms with E-state index in [-0.39, 0.29) is 17.9 Å². The van der Waals surface area contributed by atoms with E-state index in [1.165, 1.54) is 38.5 Å². The minimum Gasteiger partial charge on any atom is -0.482 e. The molecule has 0 aliphatic heterocycles. The van der Waals surface area contributed by atoms with Gasteiger partial charge in [0.25, 0.3) is 5.91 Å². The predicted molar refractivity (Wildman–Crippen MR) is 98.5 cm³/mol. The fraction of sp³-hybridized carbons (Fsp3) is 0.600. The van der Waals surface area contributed by atoms with Gasteiger partial charge in [0.05, 0.1) is 5.02 Å². The number of carbonyl (C=O) groups is 2. The lowest BCUT2D eigenvalue weighted by Crippen LogP contribution is -2.50. The molecule has 4 saturated carbocycles. The summed E-state index contributed by atoms with van der Waals surface area (Å²) in [4.78, 5) is 24.3. The van der Waals surface area contributed by atoms with Crippen molar-refractivity contribution in [1.29, 1.82) is 0 Å². The summed E-state index contributed by atoms with van der Waals surface area (Å²) >= 11 is 5.98. The smallest absolute Gasteiger partial charge is 0.276 e. The van der Waals surface area contributed by atoms with Crippen LogP contribution in [0.15, 0.2) is 24.3 Å². The van der Waals surface area contributed by atoms with E-state index in [4.69, 9.17) is 16.3 Å². The summed E-state index contributed by atoms with van der Waals surface area (Å²) < 4.78 is 5.37. The van der Waals surface area contributed by atoms with E-state index in [0.717, 1.165) is 17.8 Å². The maximum atomic E-state index is 12.4. The molecule has 0 unspecified atom stereocenters. The maximum absolute atomic E-state index is 12.4. The molecule has 0 spiro atoms. The van der Waals surface area contributed by atoms with Crippen LogP contribution in [-0.2, 0) is 9.59 Å². The van der Waals surface area contributed by atoms with Crippen LogP contribution in [0.3, 0.4) is 0 Å². The molecule has 0 saturated heterocycles. The molecule has 4 fully saturated rings. The lowest BCUT2D eigenvalue weighted by molar-refractivity contribution is -0.134. The summed E-state index contributed by atoms with van der Waals surface area (Å²) in [6.45, 7) is -0.193. The highest BCUT2D eigenvalue weighted by Gasteiger charge is 2.51. The van der Waals surface area contributed by atoms with Crippen LogP contribution in [0.5, 0.6) is 5.75 Å². The van der Waals surface area contributed by atoms with E-state index < -0.39 is 5.91 Å². The second-order valence-corrected chi connectivity index (χ2v) is 8.82. The average molecular weight is 377 g/mol. The van der Waals surface area contributed by atoms with E-state index >= 15 is 0 Å². The first-order chi connectivity index (χ1) is 12.5. The second-order valence-electron chi connectivity index (χ2n) is 8.41. The van der Waals surface area contributed by atoms with Gasteiger partial charge in [0.15, 0.2) is 6.61 Å². The number of carbonyl (C=O) groups excluding carboxylic acids is 2. The predicted octanol–water partition coefficient (Wildman–Crippen LogP) is 3.47. The van der Waals surface area contributed by atoms with Crippen LogP contribution >= 0.6 is 11.6 Å². The summed E-state index contributed by atoms with van der Waals surface area (Å²) in [5.74, 6) is 2.39. The molecule has 2 amide bonds. The molecule has 0 radical (unpaired) electrons. The van der Waals surface area contributed by atoms with Gasteiger partial charge in [-0.15, -0.1) is 0 Å². The maximum Gasteiger partial charge on any atom is 0.276 e. The molecule has 0 aromatic heterocycles. The highest BCUT2D eigenvalue weighted by molar-refractivity contribution is 6.32. The van der Waals surface area contributed by atoms with Crippen molar-refractivity contribution in [2.24, 2.45) is 23.2 Å². The van der Waals surface area contributed by atoms with E-state index in [1.807, 2.05) is 0 Å². The van der Waals surface area contributed by atoms with Crippen molar-refractivity contribution in [3.8, 4) is 5.75 Å². The first-order valence-corrected chi connectivity index (χ1v) is 9.84. The highest BCUT2D eigenvalue weighted by Crippen LogP contribution is 2.61.